The van der Waals surface area contributed by atoms with E-state index in [4.69, 9.17) is 5.73 Å². The maximum absolute atomic E-state index is 12.1. The molecule has 108 valence electrons. The second-order valence-electron chi connectivity index (χ2n) is 5.57. The van der Waals surface area contributed by atoms with Crippen molar-refractivity contribution in [2.45, 2.75) is 20.4 Å². The summed E-state index contributed by atoms with van der Waals surface area (Å²) in [6.45, 7) is 3.76. The predicted octanol–water partition coefficient (Wildman–Crippen LogP) is 1.96. The average Bonchev–Trinajstić information content (AvgIpc) is 2.66. The maximum Gasteiger partial charge on any atom is 0.233 e. The molecule has 2 N–H and O–H groups in total. The van der Waals surface area contributed by atoms with Crippen molar-refractivity contribution in [1.82, 2.24) is 9.88 Å². The molecule has 2 amide bonds. The van der Waals surface area contributed by atoms with E-state index in [0.29, 0.717) is 11.4 Å². The fraction of sp³-hybridized carbons (Fsp3) is 0.312. The molecular weight excluding hydrogens is 266 g/mol. The molecular formula is C16H17N3O2. The number of carbonyl (C=O) groups is 2. The molecule has 1 aromatic carbocycles. The molecule has 0 radical (unpaired) electrons. The number of fused-ring (bicyclic) bond motifs is 1. The second-order valence-corrected chi connectivity index (χ2v) is 5.57. The summed E-state index contributed by atoms with van der Waals surface area (Å²) < 4.78 is 0. The van der Waals surface area contributed by atoms with Gasteiger partial charge in [-0.1, -0.05) is 32.0 Å². The second kappa shape index (κ2) is 4.84. The van der Waals surface area contributed by atoms with Crippen molar-refractivity contribution in [3.63, 3.8) is 0 Å². The quantitative estimate of drug-likeness (QED) is 0.855. The lowest BCUT2D eigenvalue weighted by Crippen LogP contribution is -2.30. The number of nitrogens with zero attached hydrogens (tertiary/aromatic N) is 2. The molecule has 5 nitrogen and oxygen atoms in total. The number of para-hydroxylation sites is 1. The van der Waals surface area contributed by atoms with Crippen molar-refractivity contribution in [2.24, 2.45) is 11.8 Å². The number of anilines is 1. The number of aromatic nitrogens is 1. The number of likely N-dealkylation sites (tertiary alicyclic amines) is 1. The minimum absolute atomic E-state index is 0.139. The van der Waals surface area contributed by atoms with Crippen LogP contribution in [0.1, 0.15) is 19.4 Å². The van der Waals surface area contributed by atoms with Crippen LogP contribution in [-0.2, 0) is 16.1 Å². The largest absolute Gasteiger partial charge is 0.383 e. The Labute approximate surface area is 122 Å². The summed E-state index contributed by atoms with van der Waals surface area (Å²) in [7, 11) is 0. The molecule has 1 aliphatic heterocycles. The summed E-state index contributed by atoms with van der Waals surface area (Å²) in [5.74, 6) is -0.457. The molecule has 2 atom stereocenters. The van der Waals surface area contributed by atoms with E-state index in [0.717, 1.165) is 10.9 Å². The number of rotatable bonds is 2. The third kappa shape index (κ3) is 2.14. The molecule has 2 heterocycles. The van der Waals surface area contributed by atoms with E-state index in [1.807, 2.05) is 30.3 Å². The van der Waals surface area contributed by atoms with Crippen LogP contribution >= 0.6 is 0 Å². The fourth-order valence-electron chi connectivity index (χ4n) is 2.66. The summed E-state index contributed by atoms with van der Waals surface area (Å²) in [5.41, 5.74) is 7.47. The van der Waals surface area contributed by atoms with Crippen molar-refractivity contribution in [3.8, 4) is 0 Å². The summed E-state index contributed by atoms with van der Waals surface area (Å²) in [6.07, 6.45) is 0. The lowest BCUT2D eigenvalue weighted by atomic mass is 10.00. The maximum atomic E-state index is 12.1. The number of pyridine rings is 1. The summed E-state index contributed by atoms with van der Waals surface area (Å²) in [6, 6.07) is 9.52. The zero-order valence-electron chi connectivity index (χ0n) is 12.0. The van der Waals surface area contributed by atoms with Gasteiger partial charge in [-0.2, -0.15) is 0 Å². The van der Waals surface area contributed by atoms with E-state index in [1.165, 1.54) is 4.90 Å². The minimum atomic E-state index is -0.271. The molecule has 0 bridgehead atoms. The normalized spacial score (nSPS) is 22.3. The highest BCUT2D eigenvalue weighted by Gasteiger charge is 2.42. The first-order valence-corrected chi connectivity index (χ1v) is 6.98. The van der Waals surface area contributed by atoms with Gasteiger partial charge in [0.2, 0.25) is 11.8 Å². The Morgan fingerprint density at radius 1 is 1.14 bits per heavy atom. The standard InChI is InChI=1S/C16H17N3O2/c1-9-10(2)16(21)19(15(9)20)8-12-7-11-5-3-4-6-13(11)18-14(12)17/h3-7,9-10H,8H2,1-2H3,(H2,17,18). The molecule has 1 fully saturated rings. The van der Waals surface area contributed by atoms with E-state index >= 15 is 0 Å². The minimum Gasteiger partial charge on any atom is -0.383 e. The molecule has 0 saturated carbocycles. The van der Waals surface area contributed by atoms with Crippen LogP contribution in [0.5, 0.6) is 0 Å². The molecule has 0 spiro atoms. The highest BCUT2D eigenvalue weighted by molar-refractivity contribution is 6.04. The van der Waals surface area contributed by atoms with Crippen LogP contribution in [0.4, 0.5) is 5.82 Å². The highest BCUT2D eigenvalue weighted by atomic mass is 16.2. The first kappa shape index (κ1) is 13.5. The SMILES string of the molecule is CC1C(=O)N(Cc2cc3ccccc3nc2N)C(=O)C1C. The van der Waals surface area contributed by atoms with Crippen molar-refractivity contribution < 1.29 is 9.59 Å². The van der Waals surface area contributed by atoms with Crippen LogP contribution < -0.4 is 5.73 Å². The van der Waals surface area contributed by atoms with Gasteiger partial charge in [0.15, 0.2) is 0 Å². The Kier molecular flexibility index (Phi) is 3.12. The number of benzene rings is 1. The number of nitrogen functional groups attached to an aromatic ring is 1. The molecule has 1 aliphatic rings. The first-order valence-electron chi connectivity index (χ1n) is 6.98. The van der Waals surface area contributed by atoms with E-state index in [-0.39, 0.29) is 30.2 Å². The van der Waals surface area contributed by atoms with Gasteiger partial charge in [0.1, 0.15) is 5.82 Å². The smallest absolute Gasteiger partial charge is 0.233 e. The highest BCUT2D eigenvalue weighted by Crippen LogP contribution is 2.28. The Bertz CT molecular complexity index is 721. The lowest BCUT2D eigenvalue weighted by Gasteiger charge is -2.16. The van der Waals surface area contributed by atoms with Gasteiger partial charge in [0.25, 0.3) is 0 Å². The molecule has 21 heavy (non-hydrogen) atoms. The van der Waals surface area contributed by atoms with E-state index in [9.17, 15) is 9.59 Å². The van der Waals surface area contributed by atoms with Gasteiger partial charge in [0.05, 0.1) is 12.1 Å². The van der Waals surface area contributed by atoms with Crippen LogP contribution in [0.25, 0.3) is 10.9 Å². The van der Waals surface area contributed by atoms with E-state index in [1.54, 1.807) is 13.8 Å². The Morgan fingerprint density at radius 2 is 1.76 bits per heavy atom. The third-order valence-corrected chi connectivity index (χ3v) is 4.23. The van der Waals surface area contributed by atoms with Crippen LogP contribution in [0.3, 0.4) is 0 Å². The predicted molar refractivity (Wildman–Crippen MR) is 80.0 cm³/mol. The number of carbonyl (C=O) groups excluding carboxylic acids is 2. The number of amides is 2. The molecule has 1 saturated heterocycles. The van der Waals surface area contributed by atoms with Crippen LogP contribution in [0.2, 0.25) is 0 Å². The van der Waals surface area contributed by atoms with Crippen molar-refractivity contribution >= 4 is 28.5 Å². The van der Waals surface area contributed by atoms with Crippen molar-refractivity contribution in [2.75, 3.05) is 5.73 Å². The Morgan fingerprint density at radius 3 is 2.43 bits per heavy atom. The molecule has 0 aliphatic carbocycles. The third-order valence-electron chi connectivity index (χ3n) is 4.23. The average molecular weight is 283 g/mol. The molecule has 2 aromatic rings. The van der Waals surface area contributed by atoms with Gasteiger partial charge < -0.3 is 5.73 Å². The first-order chi connectivity index (χ1) is 9.99. The Hall–Kier alpha value is -2.43. The molecule has 2 unspecified atom stereocenters. The Balaban J connectivity index is 1.97. The molecule has 1 aromatic heterocycles. The molecule has 3 rings (SSSR count). The van der Waals surface area contributed by atoms with Crippen LogP contribution in [-0.4, -0.2) is 21.7 Å². The van der Waals surface area contributed by atoms with Gasteiger partial charge in [0, 0.05) is 22.8 Å². The lowest BCUT2D eigenvalue weighted by molar-refractivity contribution is -0.140. The van der Waals surface area contributed by atoms with Gasteiger partial charge in [-0.25, -0.2) is 4.98 Å². The van der Waals surface area contributed by atoms with Crippen molar-refractivity contribution in [3.05, 3.63) is 35.9 Å². The zero-order valence-corrected chi connectivity index (χ0v) is 12.0. The summed E-state index contributed by atoms with van der Waals surface area (Å²) >= 11 is 0. The summed E-state index contributed by atoms with van der Waals surface area (Å²) in [4.78, 5) is 29.9. The molecule has 5 heteroatoms. The van der Waals surface area contributed by atoms with Gasteiger partial charge >= 0.3 is 0 Å². The van der Waals surface area contributed by atoms with Gasteiger partial charge in [-0.15, -0.1) is 0 Å². The van der Waals surface area contributed by atoms with E-state index in [2.05, 4.69) is 4.98 Å². The zero-order chi connectivity index (χ0) is 15.1. The van der Waals surface area contributed by atoms with E-state index < -0.39 is 0 Å². The van der Waals surface area contributed by atoms with Gasteiger partial charge in [-0.05, 0) is 12.1 Å². The van der Waals surface area contributed by atoms with Crippen molar-refractivity contribution in [1.29, 1.82) is 0 Å². The summed E-state index contributed by atoms with van der Waals surface area (Å²) in [5, 5.41) is 0.946. The van der Waals surface area contributed by atoms with Gasteiger partial charge in [-0.3, -0.25) is 14.5 Å². The number of hydrogen-bond acceptors (Lipinski definition) is 4. The fourth-order valence-corrected chi connectivity index (χ4v) is 2.66. The van der Waals surface area contributed by atoms with Crippen LogP contribution in [0.15, 0.2) is 30.3 Å². The van der Waals surface area contributed by atoms with Crippen LogP contribution in [0, 0.1) is 11.8 Å². The number of hydrogen-bond donors (Lipinski definition) is 1. The monoisotopic (exact) mass is 283 g/mol. The number of nitrogens with two attached hydrogens (primary N) is 1. The number of imide groups is 1. The topological polar surface area (TPSA) is 76.3 Å².